The number of hydrogen-bond acceptors (Lipinski definition) is 2. The molecule has 1 aromatic carbocycles. The van der Waals surface area contributed by atoms with E-state index in [1.807, 2.05) is 6.92 Å². The minimum atomic E-state index is -4.39. The first-order valence-corrected chi connectivity index (χ1v) is 5.88. The van der Waals surface area contributed by atoms with Crippen molar-refractivity contribution in [1.82, 2.24) is 0 Å². The number of aliphatic hydroxyl groups is 1. The molecule has 1 rings (SSSR count). The lowest BCUT2D eigenvalue weighted by Crippen LogP contribution is -2.10. The Balaban J connectivity index is 2.60. The molecule has 0 aliphatic carbocycles. The van der Waals surface area contributed by atoms with E-state index < -0.39 is 17.8 Å². The minimum Gasteiger partial charge on any atom is -0.386 e. The van der Waals surface area contributed by atoms with Gasteiger partial charge in [0.2, 0.25) is 0 Å². The van der Waals surface area contributed by atoms with Crippen LogP contribution in [0.1, 0.15) is 37.0 Å². The van der Waals surface area contributed by atoms with Crippen LogP contribution in [0.4, 0.5) is 13.2 Å². The van der Waals surface area contributed by atoms with Crippen molar-refractivity contribution in [2.75, 3.05) is 13.2 Å². The molecule has 0 aliphatic rings. The van der Waals surface area contributed by atoms with Crippen LogP contribution < -0.4 is 0 Å². The maximum atomic E-state index is 12.5. The summed E-state index contributed by atoms with van der Waals surface area (Å²) in [4.78, 5) is 0. The van der Waals surface area contributed by atoms with Gasteiger partial charge in [-0.05, 0) is 24.1 Å². The Morgan fingerprint density at radius 3 is 2.67 bits per heavy atom. The number of rotatable bonds is 6. The largest absolute Gasteiger partial charge is 0.416 e. The van der Waals surface area contributed by atoms with Gasteiger partial charge in [-0.3, -0.25) is 0 Å². The molecule has 2 nitrogen and oxygen atoms in total. The second-order valence-electron chi connectivity index (χ2n) is 4.07. The van der Waals surface area contributed by atoms with Gasteiger partial charge in [-0.2, -0.15) is 13.2 Å². The number of alkyl halides is 3. The predicted octanol–water partition coefficient (Wildman–Crippen LogP) is 3.56. The third kappa shape index (κ3) is 4.66. The Bertz CT molecular complexity index is 363. The molecule has 1 atom stereocenters. The van der Waals surface area contributed by atoms with Crippen molar-refractivity contribution in [2.24, 2.45) is 0 Å². The van der Waals surface area contributed by atoms with Crippen molar-refractivity contribution in [3.63, 3.8) is 0 Å². The van der Waals surface area contributed by atoms with Crippen molar-refractivity contribution in [2.45, 2.75) is 32.0 Å². The van der Waals surface area contributed by atoms with E-state index >= 15 is 0 Å². The van der Waals surface area contributed by atoms with E-state index in [4.69, 9.17) is 4.74 Å². The Morgan fingerprint density at radius 2 is 2.06 bits per heavy atom. The summed E-state index contributed by atoms with van der Waals surface area (Å²) in [6.45, 7) is 2.53. The third-order valence-electron chi connectivity index (χ3n) is 2.52. The SMILES string of the molecule is CCCCOCC(O)c1cccc(C(F)(F)F)c1. The highest BCUT2D eigenvalue weighted by Crippen LogP contribution is 2.30. The van der Waals surface area contributed by atoms with Gasteiger partial charge in [-0.25, -0.2) is 0 Å². The number of halogens is 3. The number of unbranched alkanes of at least 4 members (excludes halogenated alkanes) is 1. The first-order valence-electron chi connectivity index (χ1n) is 5.88. The molecule has 1 unspecified atom stereocenters. The minimum absolute atomic E-state index is 0.0152. The second-order valence-corrected chi connectivity index (χ2v) is 4.07. The van der Waals surface area contributed by atoms with E-state index in [1.54, 1.807) is 0 Å². The molecule has 102 valence electrons. The van der Waals surface area contributed by atoms with Crippen molar-refractivity contribution in [1.29, 1.82) is 0 Å². The molecule has 0 fully saturated rings. The van der Waals surface area contributed by atoms with Gasteiger partial charge in [0.05, 0.1) is 12.2 Å². The van der Waals surface area contributed by atoms with Crippen LogP contribution in [-0.4, -0.2) is 18.3 Å². The molecule has 0 aromatic heterocycles. The summed E-state index contributed by atoms with van der Waals surface area (Å²) in [6, 6.07) is 4.68. The highest BCUT2D eigenvalue weighted by Gasteiger charge is 2.30. The summed E-state index contributed by atoms with van der Waals surface area (Å²) in [7, 11) is 0. The second kappa shape index (κ2) is 6.75. The molecule has 0 radical (unpaired) electrons. The first-order chi connectivity index (χ1) is 8.45. The van der Waals surface area contributed by atoms with Crippen molar-refractivity contribution in [3.8, 4) is 0 Å². The lowest BCUT2D eigenvalue weighted by molar-refractivity contribution is -0.137. The molecule has 0 heterocycles. The predicted molar refractivity (Wildman–Crippen MR) is 62.1 cm³/mol. The monoisotopic (exact) mass is 262 g/mol. The zero-order valence-corrected chi connectivity index (χ0v) is 10.2. The fraction of sp³-hybridized carbons (Fsp3) is 0.538. The smallest absolute Gasteiger partial charge is 0.386 e. The van der Waals surface area contributed by atoms with Gasteiger partial charge in [-0.1, -0.05) is 25.5 Å². The Hall–Kier alpha value is -1.07. The summed E-state index contributed by atoms with van der Waals surface area (Å²) in [5.41, 5.74) is -0.533. The van der Waals surface area contributed by atoms with E-state index in [1.165, 1.54) is 12.1 Å². The van der Waals surface area contributed by atoms with Crippen molar-refractivity contribution < 1.29 is 23.0 Å². The lowest BCUT2D eigenvalue weighted by atomic mass is 10.1. The summed E-state index contributed by atoms with van der Waals surface area (Å²) in [5.74, 6) is 0. The molecule has 1 aromatic rings. The van der Waals surface area contributed by atoms with E-state index in [9.17, 15) is 18.3 Å². The van der Waals surface area contributed by atoms with Gasteiger partial charge in [-0.15, -0.1) is 0 Å². The van der Waals surface area contributed by atoms with Gasteiger partial charge in [0, 0.05) is 6.61 Å². The van der Waals surface area contributed by atoms with Crippen LogP contribution >= 0.6 is 0 Å². The van der Waals surface area contributed by atoms with E-state index in [-0.39, 0.29) is 12.2 Å². The van der Waals surface area contributed by atoms with Gasteiger partial charge in [0.15, 0.2) is 0 Å². The summed E-state index contributed by atoms with van der Waals surface area (Å²) in [6.07, 6.45) is -3.57. The van der Waals surface area contributed by atoms with Crippen molar-refractivity contribution >= 4 is 0 Å². The zero-order valence-electron chi connectivity index (χ0n) is 10.2. The highest BCUT2D eigenvalue weighted by molar-refractivity contribution is 5.27. The van der Waals surface area contributed by atoms with Crippen molar-refractivity contribution in [3.05, 3.63) is 35.4 Å². The van der Waals surface area contributed by atoms with Gasteiger partial charge >= 0.3 is 6.18 Å². The lowest BCUT2D eigenvalue weighted by Gasteiger charge is -2.14. The van der Waals surface area contributed by atoms with E-state index in [0.717, 1.165) is 25.0 Å². The van der Waals surface area contributed by atoms with Gasteiger partial charge in [0.1, 0.15) is 6.10 Å². The van der Waals surface area contributed by atoms with Gasteiger partial charge in [0.25, 0.3) is 0 Å². The topological polar surface area (TPSA) is 29.5 Å². The van der Waals surface area contributed by atoms with Crippen LogP contribution in [0.5, 0.6) is 0 Å². The zero-order chi connectivity index (χ0) is 13.6. The standard InChI is InChI=1S/C13H17F3O2/c1-2-3-7-18-9-12(17)10-5-4-6-11(8-10)13(14,15)16/h4-6,8,12,17H,2-3,7,9H2,1H3. The normalized spacial score (nSPS) is 13.6. The number of hydrogen-bond donors (Lipinski definition) is 1. The van der Waals surface area contributed by atoms with E-state index in [0.29, 0.717) is 6.61 Å². The summed E-state index contributed by atoms with van der Waals surface area (Å²) in [5, 5.41) is 9.72. The van der Waals surface area contributed by atoms with Crippen LogP contribution in [0.2, 0.25) is 0 Å². The van der Waals surface area contributed by atoms with Gasteiger partial charge < -0.3 is 9.84 Å². The molecule has 0 aliphatic heterocycles. The van der Waals surface area contributed by atoms with Crippen LogP contribution in [0.3, 0.4) is 0 Å². The molecule has 18 heavy (non-hydrogen) atoms. The molecule has 0 saturated heterocycles. The molecular weight excluding hydrogens is 245 g/mol. The Labute approximate surface area is 104 Å². The summed E-state index contributed by atoms with van der Waals surface area (Å²) >= 11 is 0. The van der Waals surface area contributed by atoms with E-state index in [2.05, 4.69) is 0 Å². The Morgan fingerprint density at radius 1 is 1.33 bits per heavy atom. The van der Waals surface area contributed by atoms with Crippen LogP contribution in [0.25, 0.3) is 0 Å². The molecule has 0 bridgehead atoms. The highest BCUT2D eigenvalue weighted by atomic mass is 19.4. The average Bonchev–Trinajstić information content (AvgIpc) is 2.33. The first kappa shape index (κ1) is 15.0. The quantitative estimate of drug-likeness (QED) is 0.794. The molecule has 0 amide bonds. The number of ether oxygens (including phenoxy) is 1. The third-order valence-corrected chi connectivity index (χ3v) is 2.52. The maximum absolute atomic E-state index is 12.5. The molecule has 0 spiro atoms. The van der Waals surface area contributed by atoms with Crippen LogP contribution in [0.15, 0.2) is 24.3 Å². The molecule has 5 heteroatoms. The number of benzene rings is 1. The maximum Gasteiger partial charge on any atom is 0.416 e. The fourth-order valence-electron chi connectivity index (χ4n) is 1.46. The average molecular weight is 262 g/mol. The number of aliphatic hydroxyl groups excluding tert-OH is 1. The Kier molecular flexibility index (Phi) is 5.62. The molecule has 1 N–H and O–H groups in total. The molecule has 0 saturated carbocycles. The van der Waals surface area contributed by atoms with Crippen LogP contribution in [-0.2, 0) is 10.9 Å². The molecular formula is C13H17F3O2. The summed E-state index contributed by atoms with van der Waals surface area (Å²) < 4.78 is 42.6. The van der Waals surface area contributed by atoms with Crippen LogP contribution in [0, 0.1) is 0 Å². The fourth-order valence-corrected chi connectivity index (χ4v) is 1.46.